The molecular formula is C9H4ClF2N3. The van der Waals surface area contributed by atoms with Crippen molar-refractivity contribution in [3.05, 3.63) is 28.0 Å². The zero-order valence-corrected chi connectivity index (χ0v) is 8.09. The summed E-state index contributed by atoms with van der Waals surface area (Å²) in [5, 5.41) is 17.0. The summed E-state index contributed by atoms with van der Waals surface area (Å²) in [6.07, 6.45) is -2.99. The molecule has 0 saturated carbocycles. The zero-order valence-electron chi connectivity index (χ0n) is 7.34. The van der Waals surface area contributed by atoms with E-state index in [1.165, 1.54) is 0 Å². The molecule has 1 heterocycles. The Morgan fingerprint density at radius 1 is 1.47 bits per heavy atom. The first-order chi connectivity index (χ1) is 7.10. The molecule has 3 nitrogen and oxygen atoms in total. The van der Waals surface area contributed by atoms with Gasteiger partial charge in [0.2, 0.25) is 0 Å². The molecule has 6 heteroatoms. The largest absolute Gasteiger partial charge is 0.280 e. The maximum atomic E-state index is 12.3. The average Bonchev–Trinajstić information content (AvgIpc) is 2.17. The summed E-state index contributed by atoms with van der Waals surface area (Å²) in [6.45, 7) is 0. The minimum absolute atomic E-state index is 0.0113. The Balaban J connectivity index is 3.35. The van der Waals surface area contributed by atoms with Crippen LogP contribution in [-0.4, -0.2) is 4.98 Å². The molecule has 0 saturated heterocycles. The molecular weight excluding hydrogens is 224 g/mol. The molecule has 0 spiro atoms. The van der Waals surface area contributed by atoms with E-state index in [9.17, 15) is 8.78 Å². The summed E-state index contributed by atoms with van der Waals surface area (Å²) >= 11 is 5.61. The number of hydrogen-bond acceptors (Lipinski definition) is 3. The van der Waals surface area contributed by atoms with Crippen molar-refractivity contribution in [2.75, 3.05) is 0 Å². The van der Waals surface area contributed by atoms with Crippen LogP contribution in [0.15, 0.2) is 6.07 Å². The summed E-state index contributed by atoms with van der Waals surface area (Å²) in [4.78, 5) is 3.51. The van der Waals surface area contributed by atoms with Crippen molar-refractivity contribution in [3.63, 3.8) is 0 Å². The predicted octanol–water partition coefficient (Wildman–Crippen LogP) is 2.61. The second-order valence-electron chi connectivity index (χ2n) is 2.60. The van der Waals surface area contributed by atoms with Gasteiger partial charge in [-0.3, -0.25) is 0 Å². The molecule has 0 aliphatic heterocycles. The van der Waals surface area contributed by atoms with Crippen LogP contribution in [0.4, 0.5) is 8.78 Å². The summed E-state index contributed by atoms with van der Waals surface area (Å²) < 4.78 is 24.6. The maximum absolute atomic E-state index is 12.3. The van der Waals surface area contributed by atoms with Gasteiger partial charge in [0.1, 0.15) is 11.8 Å². The van der Waals surface area contributed by atoms with E-state index in [0.29, 0.717) is 0 Å². The van der Waals surface area contributed by atoms with Crippen molar-refractivity contribution in [1.82, 2.24) is 4.98 Å². The fraction of sp³-hybridized carbons (Fsp3) is 0.222. The summed E-state index contributed by atoms with van der Waals surface area (Å²) in [5.74, 6) is 0. The number of hydrogen-bond donors (Lipinski definition) is 0. The average molecular weight is 228 g/mol. The van der Waals surface area contributed by atoms with Crippen molar-refractivity contribution in [2.45, 2.75) is 12.8 Å². The lowest BCUT2D eigenvalue weighted by molar-refractivity contribution is 0.146. The van der Waals surface area contributed by atoms with Gasteiger partial charge >= 0.3 is 0 Å². The quantitative estimate of drug-likeness (QED) is 0.780. The SMILES string of the molecule is N#CCc1nc(C(F)F)cc(Cl)c1C#N. The topological polar surface area (TPSA) is 60.5 Å². The van der Waals surface area contributed by atoms with Gasteiger partial charge in [0.05, 0.1) is 28.8 Å². The summed E-state index contributed by atoms with van der Waals surface area (Å²) in [6, 6.07) is 4.40. The van der Waals surface area contributed by atoms with Crippen LogP contribution < -0.4 is 0 Å². The van der Waals surface area contributed by atoms with Crippen LogP contribution in [0.25, 0.3) is 0 Å². The van der Waals surface area contributed by atoms with Crippen molar-refractivity contribution in [1.29, 1.82) is 10.5 Å². The number of alkyl halides is 2. The highest BCUT2D eigenvalue weighted by Crippen LogP contribution is 2.25. The van der Waals surface area contributed by atoms with Gasteiger partial charge in [0.25, 0.3) is 6.43 Å². The van der Waals surface area contributed by atoms with E-state index in [1.54, 1.807) is 12.1 Å². The zero-order chi connectivity index (χ0) is 11.4. The molecule has 0 radical (unpaired) electrons. The van der Waals surface area contributed by atoms with E-state index in [1.807, 2.05) is 0 Å². The Bertz CT molecular complexity index is 460. The van der Waals surface area contributed by atoms with E-state index in [2.05, 4.69) is 4.98 Å². The Morgan fingerprint density at radius 3 is 2.60 bits per heavy atom. The third kappa shape index (κ3) is 2.39. The number of pyridine rings is 1. The Morgan fingerprint density at radius 2 is 2.13 bits per heavy atom. The molecule has 0 unspecified atom stereocenters. The third-order valence-corrected chi connectivity index (χ3v) is 1.95. The first-order valence-electron chi connectivity index (χ1n) is 3.84. The molecule has 1 rings (SSSR count). The van der Waals surface area contributed by atoms with E-state index in [4.69, 9.17) is 22.1 Å². The lowest BCUT2D eigenvalue weighted by atomic mass is 10.1. The number of rotatable bonds is 2. The smallest absolute Gasteiger partial charge is 0.249 e. The van der Waals surface area contributed by atoms with Gasteiger partial charge in [0.15, 0.2) is 0 Å². The highest BCUT2D eigenvalue weighted by molar-refractivity contribution is 6.31. The van der Waals surface area contributed by atoms with Crippen LogP contribution in [0, 0.1) is 22.7 Å². The van der Waals surface area contributed by atoms with Gasteiger partial charge < -0.3 is 0 Å². The van der Waals surface area contributed by atoms with Gasteiger partial charge in [-0.15, -0.1) is 0 Å². The van der Waals surface area contributed by atoms with Gasteiger partial charge in [-0.25, -0.2) is 13.8 Å². The van der Waals surface area contributed by atoms with Crippen molar-refractivity contribution < 1.29 is 8.78 Å². The molecule has 0 fully saturated rings. The van der Waals surface area contributed by atoms with E-state index in [0.717, 1.165) is 6.07 Å². The molecule has 0 aliphatic carbocycles. The lowest BCUT2D eigenvalue weighted by Crippen LogP contribution is -2.00. The summed E-state index contributed by atoms with van der Waals surface area (Å²) in [7, 11) is 0. The third-order valence-electron chi connectivity index (χ3n) is 1.65. The second-order valence-corrected chi connectivity index (χ2v) is 3.01. The molecule has 0 atom stereocenters. The van der Waals surface area contributed by atoms with Gasteiger partial charge in [-0.2, -0.15) is 10.5 Å². The molecule has 1 aromatic heterocycles. The molecule has 0 N–H and O–H groups in total. The van der Waals surface area contributed by atoms with Crippen LogP contribution in [0.2, 0.25) is 5.02 Å². The highest BCUT2D eigenvalue weighted by atomic mass is 35.5. The maximum Gasteiger partial charge on any atom is 0.280 e. The Kier molecular flexibility index (Phi) is 3.54. The second kappa shape index (κ2) is 4.68. The number of halogens is 3. The van der Waals surface area contributed by atoms with Crippen LogP contribution >= 0.6 is 11.6 Å². The predicted molar refractivity (Wildman–Crippen MR) is 48.2 cm³/mol. The number of aromatic nitrogens is 1. The van der Waals surface area contributed by atoms with Gasteiger partial charge in [-0.05, 0) is 6.07 Å². The molecule has 15 heavy (non-hydrogen) atoms. The van der Waals surface area contributed by atoms with Crippen LogP contribution in [-0.2, 0) is 6.42 Å². The highest BCUT2D eigenvalue weighted by Gasteiger charge is 2.16. The molecule has 0 bridgehead atoms. The fourth-order valence-corrected chi connectivity index (χ4v) is 1.28. The van der Waals surface area contributed by atoms with Crippen LogP contribution in [0.3, 0.4) is 0 Å². The van der Waals surface area contributed by atoms with Crippen molar-refractivity contribution in [3.8, 4) is 12.1 Å². The van der Waals surface area contributed by atoms with Crippen molar-refractivity contribution in [2.24, 2.45) is 0 Å². The summed E-state index contributed by atoms with van der Waals surface area (Å²) in [5.41, 5.74) is -0.560. The van der Waals surface area contributed by atoms with Crippen LogP contribution in [0.1, 0.15) is 23.4 Å². The van der Waals surface area contributed by atoms with Gasteiger partial charge in [-0.1, -0.05) is 11.6 Å². The monoisotopic (exact) mass is 227 g/mol. The Hall–Kier alpha value is -1.72. The molecule has 1 aromatic rings. The molecule has 0 aromatic carbocycles. The first kappa shape index (κ1) is 11.4. The Labute approximate surface area is 89.5 Å². The molecule has 0 aliphatic rings. The normalized spacial score (nSPS) is 9.73. The van der Waals surface area contributed by atoms with Gasteiger partial charge in [0, 0.05) is 0 Å². The standard InChI is InChI=1S/C9H4ClF2N3/c10-6-3-8(9(11)12)15-7(1-2-13)5(6)4-14/h3,9H,1H2. The van der Waals surface area contributed by atoms with Crippen molar-refractivity contribution >= 4 is 11.6 Å². The minimum Gasteiger partial charge on any atom is -0.249 e. The van der Waals surface area contributed by atoms with E-state index < -0.39 is 12.1 Å². The van der Waals surface area contributed by atoms with Crippen LogP contribution in [0.5, 0.6) is 0 Å². The molecule has 76 valence electrons. The van der Waals surface area contributed by atoms with E-state index >= 15 is 0 Å². The fourth-order valence-electron chi connectivity index (χ4n) is 1.02. The number of nitrogens with zero attached hydrogens (tertiary/aromatic N) is 3. The number of nitriles is 2. The van der Waals surface area contributed by atoms with E-state index in [-0.39, 0.29) is 22.7 Å². The minimum atomic E-state index is -2.77. The molecule has 0 amide bonds. The first-order valence-corrected chi connectivity index (χ1v) is 4.22. The lowest BCUT2D eigenvalue weighted by Gasteiger charge is -2.05.